The summed E-state index contributed by atoms with van der Waals surface area (Å²) in [5, 5.41) is 5.94. The van der Waals surface area contributed by atoms with E-state index in [1.54, 1.807) is 6.33 Å². The van der Waals surface area contributed by atoms with E-state index >= 15 is 0 Å². The summed E-state index contributed by atoms with van der Waals surface area (Å²) in [7, 11) is 0. The van der Waals surface area contributed by atoms with Crippen LogP contribution >= 0.6 is 0 Å². The van der Waals surface area contributed by atoms with Crippen LogP contribution in [0.2, 0.25) is 0 Å². The number of aromatic amines is 1. The van der Waals surface area contributed by atoms with Crippen molar-refractivity contribution in [2.75, 3.05) is 76.1 Å². The zero-order valence-electron chi connectivity index (χ0n) is 31.4. The molecule has 3 N–H and O–H groups in total. The van der Waals surface area contributed by atoms with E-state index in [1.165, 1.54) is 23.3 Å². The molecule has 56 heavy (non-hydrogen) atoms. The molecule has 6 aromatic rings. The lowest BCUT2D eigenvalue weighted by Crippen LogP contribution is -2.48. The summed E-state index contributed by atoms with van der Waals surface area (Å²) >= 11 is 0. The minimum atomic E-state index is -0.433. The SMILES string of the molecule is Nc1ncnc2c1c(-c1ccc(Oc3ccccc3)cc1)nn2C1CCN(C2CCN(CCN3CCN(c4ccc(-n5ccc(=O)[nH]c5=O)cc4)CC3)C2)CC1. The first-order valence-electron chi connectivity index (χ1n) is 19.6. The standard InChI is InChI=1S/C42H47N11O3/c43-40-38-39(30-6-12-36(13-7-30)56-35-4-2-1-3-5-35)47-53(41(38)45-29-44-40)33-15-19-50(20-16-33)34-14-18-49(28-34)23-22-48-24-26-51(27-25-48)31-8-10-32(11-9-31)52-21-17-37(54)46-42(52)55/h1-13,17,21,29,33-34H,14-16,18-20,22-28H2,(H2,43,44,45)(H,46,54,55). The fourth-order valence-corrected chi connectivity index (χ4v) is 8.52. The van der Waals surface area contributed by atoms with Crippen LogP contribution in [0.15, 0.2) is 107 Å². The summed E-state index contributed by atoms with van der Waals surface area (Å²) in [6, 6.07) is 27.9. The van der Waals surface area contributed by atoms with Crippen molar-refractivity contribution in [3.63, 3.8) is 0 Å². The summed E-state index contributed by atoms with van der Waals surface area (Å²) in [6.07, 6.45) is 6.29. The molecule has 6 heterocycles. The largest absolute Gasteiger partial charge is 0.457 e. The molecule has 1 atom stereocenters. The Morgan fingerprint density at radius 1 is 0.714 bits per heavy atom. The number of likely N-dealkylation sites (tertiary alicyclic amines) is 2. The van der Waals surface area contributed by atoms with Gasteiger partial charge in [-0.1, -0.05) is 18.2 Å². The van der Waals surface area contributed by atoms with Crippen LogP contribution < -0.4 is 26.6 Å². The van der Waals surface area contributed by atoms with E-state index in [0.717, 1.165) is 123 Å². The van der Waals surface area contributed by atoms with Crippen molar-refractivity contribution in [3.05, 3.63) is 118 Å². The topological polar surface area (TPSA) is 147 Å². The maximum atomic E-state index is 12.2. The normalized spacial score (nSPS) is 18.9. The number of ether oxygens (including phenoxy) is 1. The lowest BCUT2D eigenvalue weighted by molar-refractivity contribution is 0.130. The number of piperidine rings is 1. The van der Waals surface area contributed by atoms with Crippen molar-refractivity contribution in [1.82, 2.24) is 44.0 Å². The quantitative estimate of drug-likeness (QED) is 0.207. The number of benzene rings is 3. The lowest BCUT2D eigenvalue weighted by atomic mass is 10.0. The molecular weight excluding hydrogens is 707 g/mol. The minimum absolute atomic E-state index is 0.242. The monoisotopic (exact) mass is 753 g/mol. The number of para-hydroxylation sites is 1. The highest BCUT2D eigenvalue weighted by atomic mass is 16.5. The number of nitrogens with one attached hydrogen (secondary N) is 1. The van der Waals surface area contributed by atoms with E-state index in [0.29, 0.717) is 11.9 Å². The molecule has 3 aromatic heterocycles. The lowest BCUT2D eigenvalue weighted by Gasteiger charge is -2.37. The Hall–Kier alpha value is -5.83. The number of H-pyrrole nitrogens is 1. The third-order valence-corrected chi connectivity index (χ3v) is 11.7. The maximum Gasteiger partial charge on any atom is 0.332 e. The first-order valence-corrected chi connectivity index (χ1v) is 19.6. The number of fused-ring (bicyclic) bond motifs is 1. The summed E-state index contributed by atoms with van der Waals surface area (Å²) < 4.78 is 9.56. The Morgan fingerprint density at radius 2 is 1.41 bits per heavy atom. The van der Waals surface area contributed by atoms with Gasteiger partial charge >= 0.3 is 5.69 Å². The summed E-state index contributed by atoms with van der Waals surface area (Å²) in [6.45, 7) is 10.5. The van der Waals surface area contributed by atoms with E-state index in [9.17, 15) is 9.59 Å². The van der Waals surface area contributed by atoms with Gasteiger partial charge in [0.25, 0.3) is 5.56 Å². The van der Waals surface area contributed by atoms with Crippen LogP contribution in [0.5, 0.6) is 11.5 Å². The zero-order chi connectivity index (χ0) is 38.0. The van der Waals surface area contributed by atoms with Gasteiger partial charge in [0.15, 0.2) is 5.65 Å². The highest BCUT2D eigenvalue weighted by Crippen LogP contribution is 2.36. The molecule has 0 saturated carbocycles. The highest BCUT2D eigenvalue weighted by Gasteiger charge is 2.33. The second kappa shape index (κ2) is 15.7. The number of anilines is 2. The smallest absolute Gasteiger partial charge is 0.332 e. The minimum Gasteiger partial charge on any atom is -0.457 e. The van der Waals surface area contributed by atoms with Crippen molar-refractivity contribution in [1.29, 1.82) is 0 Å². The van der Waals surface area contributed by atoms with Crippen LogP contribution in [-0.2, 0) is 0 Å². The van der Waals surface area contributed by atoms with E-state index in [2.05, 4.69) is 51.4 Å². The summed E-state index contributed by atoms with van der Waals surface area (Å²) in [5.74, 6) is 2.00. The third kappa shape index (κ3) is 7.55. The molecule has 0 amide bonds. The molecule has 3 aliphatic rings. The van der Waals surface area contributed by atoms with Gasteiger partial charge in [-0.2, -0.15) is 5.10 Å². The number of piperazine rings is 1. The highest BCUT2D eigenvalue weighted by molar-refractivity contribution is 5.98. The number of nitrogens with two attached hydrogens (primary N) is 1. The van der Waals surface area contributed by atoms with Crippen LogP contribution in [0.3, 0.4) is 0 Å². The Balaban J connectivity index is 0.756. The van der Waals surface area contributed by atoms with Crippen LogP contribution in [0.4, 0.5) is 11.5 Å². The molecule has 3 fully saturated rings. The van der Waals surface area contributed by atoms with Gasteiger partial charge in [0.05, 0.1) is 17.1 Å². The van der Waals surface area contributed by atoms with Crippen molar-refractivity contribution >= 4 is 22.5 Å². The van der Waals surface area contributed by atoms with Crippen molar-refractivity contribution in [2.45, 2.75) is 31.3 Å². The average molecular weight is 754 g/mol. The first-order chi connectivity index (χ1) is 27.4. The first kappa shape index (κ1) is 35.8. The van der Waals surface area contributed by atoms with Crippen LogP contribution in [0.25, 0.3) is 28.0 Å². The fourth-order valence-electron chi connectivity index (χ4n) is 8.52. The molecule has 288 valence electrons. The van der Waals surface area contributed by atoms with Gasteiger partial charge in [0.2, 0.25) is 0 Å². The molecule has 0 aliphatic carbocycles. The van der Waals surface area contributed by atoms with Gasteiger partial charge in [-0.15, -0.1) is 0 Å². The van der Waals surface area contributed by atoms with Gasteiger partial charge in [-0.25, -0.2) is 19.4 Å². The van der Waals surface area contributed by atoms with E-state index in [1.807, 2.05) is 66.7 Å². The summed E-state index contributed by atoms with van der Waals surface area (Å²) in [5.41, 5.74) is 10.1. The number of rotatable bonds is 10. The van der Waals surface area contributed by atoms with Gasteiger partial charge in [0.1, 0.15) is 29.3 Å². The van der Waals surface area contributed by atoms with Gasteiger partial charge in [-0.3, -0.25) is 24.1 Å². The van der Waals surface area contributed by atoms with Crippen LogP contribution in [0, 0.1) is 0 Å². The molecule has 3 aromatic carbocycles. The van der Waals surface area contributed by atoms with E-state index in [-0.39, 0.29) is 6.04 Å². The molecule has 0 bridgehead atoms. The van der Waals surface area contributed by atoms with Crippen LogP contribution in [0.1, 0.15) is 25.3 Å². The maximum absolute atomic E-state index is 12.2. The third-order valence-electron chi connectivity index (χ3n) is 11.7. The Labute approximate surface area is 324 Å². The number of hydrogen-bond acceptors (Lipinski definition) is 11. The molecule has 0 radical (unpaired) electrons. The number of nitrogens with zero attached hydrogens (tertiary/aromatic N) is 9. The van der Waals surface area contributed by atoms with Crippen molar-refractivity contribution in [3.8, 4) is 28.4 Å². The molecule has 9 rings (SSSR count). The predicted molar refractivity (Wildman–Crippen MR) is 218 cm³/mol. The van der Waals surface area contributed by atoms with Gasteiger partial charge < -0.3 is 20.3 Å². The molecule has 3 aliphatic heterocycles. The Morgan fingerprint density at radius 3 is 2.16 bits per heavy atom. The average Bonchev–Trinajstić information content (AvgIpc) is 3.88. The van der Waals surface area contributed by atoms with Gasteiger partial charge in [0, 0.05) is 88.5 Å². The van der Waals surface area contributed by atoms with Crippen molar-refractivity contribution in [2.24, 2.45) is 0 Å². The second-order valence-corrected chi connectivity index (χ2v) is 15.0. The zero-order valence-corrected chi connectivity index (χ0v) is 31.4. The fraction of sp³-hybridized carbons (Fsp3) is 0.357. The van der Waals surface area contributed by atoms with Crippen LogP contribution in [-0.4, -0.2) is 115 Å². The molecular formula is C42H47N11O3. The van der Waals surface area contributed by atoms with Crippen molar-refractivity contribution < 1.29 is 4.74 Å². The Bertz CT molecular complexity index is 2380. The van der Waals surface area contributed by atoms with Gasteiger partial charge in [-0.05, 0) is 86.5 Å². The second-order valence-electron chi connectivity index (χ2n) is 15.0. The molecule has 0 spiro atoms. The van der Waals surface area contributed by atoms with E-state index in [4.69, 9.17) is 15.6 Å². The number of nitrogen functional groups attached to an aromatic ring is 1. The molecule has 14 nitrogen and oxygen atoms in total. The van der Waals surface area contributed by atoms with E-state index < -0.39 is 11.2 Å². The molecule has 14 heteroatoms. The molecule has 3 saturated heterocycles. The number of aromatic nitrogens is 6. The number of hydrogen-bond donors (Lipinski definition) is 2. The molecule has 1 unspecified atom stereocenters. The predicted octanol–water partition coefficient (Wildman–Crippen LogP) is 4.24. The summed E-state index contributed by atoms with van der Waals surface area (Å²) in [4.78, 5) is 45.2. The Kier molecular flexibility index (Phi) is 10.1.